The third kappa shape index (κ3) is 6.18. The van der Waals surface area contributed by atoms with Crippen LogP contribution in [0.5, 0.6) is 5.75 Å². The lowest BCUT2D eigenvalue weighted by Gasteiger charge is -2.36. The largest absolute Gasteiger partial charge is 0.494 e. The molecular weight excluding hydrogens is 446 g/mol. The van der Waals surface area contributed by atoms with Crippen molar-refractivity contribution in [2.24, 2.45) is 0 Å². The fourth-order valence-corrected chi connectivity index (χ4v) is 5.10. The minimum absolute atomic E-state index is 0.0115. The van der Waals surface area contributed by atoms with Crippen molar-refractivity contribution in [1.29, 1.82) is 0 Å². The van der Waals surface area contributed by atoms with Crippen LogP contribution < -0.4 is 10.1 Å². The van der Waals surface area contributed by atoms with E-state index in [0.29, 0.717) is 44.4 Å². The Morgan fingerprint density at radius 2 is 1.86 bits per heavy atom. The van der Waals surface area contributed by atoms with Crippen LogP contribution in [-0.2, 0) is 14.9 Å². The summed E-state index contributed by atoms with van der Waals surface area (Å²) >= 11 is 0. The van der Waals surface area contributed by atoms with Crippen LogP contribution in [0.2, 0.25) is 0 Å². The second-order valence-electron chi connectivity index (χ2n) is 9.56. The molecule has 1 N–H and O–H groups in total. The number of carbonyl (C=O) groups is 1. The van der Waals surface area contributed by atoms with Crippen LogP contribution >= 0.6 is 0 Å². The normalized spacial score (nSPS) is 20.2. The second kappa shape index (κ2) is 11.6. The average molecular weight is 482 g/mol. The van der Waals surface area contributed by atoms with Crippen molar-refractivity contribution in [3.05, 3.63) is 64.2 Å². The number of benzene rings is 2. The van der Waals surface area contributed by atoms with Gasteiger partial charge in [0.1, 0.15) is 5.75 Å². The first-order chi connectivity index (χ1) is 17.0. The van der Waals surface area contributed by atoms with Crippen molar-refractivity contribution in [3.63, 3.8) is 0 Å². The first kappa shape index (κ1) is 25.1. The van der Waals surface area contributed by atoms with Crippen LogP contribution in [0.3, 0.4) is 0 Å². The molecule has 8 heteroatoms. The number of rotatable bonds is 9. The second-order valence-corrected chi connectivity index (χ2v) is 9.56. The molecule has 35 heavy (non-hydrogen) atoms. The van der Waals surface area contributed by atoms with Gasteiger partial charge in [-0.1, -0.05) is 18.6 Å². The lowest BCUT2D eigenvalue weighted by molar-refractivity contribution is -0.384. The first-order valence-corrected chi connectivity index (χ1v) is 12.6. The van der Waals surface area contributed by atoms with Gasteiger partial charge in [-0.3, -0.25) is 14.9 Å². The van der Waals surface area contributed by atoms with Gasteiger partial charge in [-0.25, -0.2) is 0 Å². The molecule has 2 saturated heterocycles. The fourth-order valence-electron chi connectivity index (χ4n) is 5.10. The highest BCUT2D eigenvalue weighted by molar-refractivity contribution is 5.99. The average Bonchev–Trinajstić information content (AvgIpc) is 2.89. The summed E-state index contributed by atoms with van der Waals surface area (Å²) in [6.07, 6.45) is 5.94. The van der Waals surface area contributed by atoms with E-state index in [1.54, 1.807) is 12.1 Å². The van der Waals surface area contributed by atoms with Gasteiger partial charge in [0, 0.05) is 43.6 Å². The zero-order chi connectivity index (χ0) is 24.7. The number of carbonyl (C=O) groups excluding carboxylic acids is 1. The van der Waals surface area contributed by atoms with Crippen LogP contribution in [0.4, 0.5) is 11.4 Å². The molecule has 0 aliphatic carbocycles. The molecule has 0 bridgehead atoms. The van der Waals surface area contributed by atoms with Gasteiger partial charge in [-0.05, 0) is 75.4 Å². The van der Waals surface area contributed by atoms with Gasteiger partial charge in [0.15, 0.2) is 0 Å². The Morgan fingerprint density at radius 3 is 2.51 bits per heavy atom. The van der Waals surface area contributed by atoms with E-state index >= 15 is 0 Å². The van der Waals surface area contributed by atoms with E-state index in [1.807, 2.05) is 24.3 Å². The van der Waals surface area contributed by atoms with Crippen molar-refractivity contribution < 1.29 is 19.2 Å². The number of hydrogen-bond donors (Lipinski definition) is 1. The summed E-state index contributed by atoms with van der Waals surface area (Å²) in [6.45, 7) is 6.14. The molecule has 0 spiro atoms. The number of nitro benzene ring substituents is 1. The Bertz CT molecular complexity index is 987. The monoisotopic (exact) mass is 481 g/mol. The van der Waals surface area contributed by atoms with Crippen LogP contribution in [0.1, 0.15) is 51.0 Å². The first-order valence-electron chi connectivity index (χ1n) is 12.6. The molecule has 1 atom stereocenters. The minimum Gasteiger partial charge on any atom is -0.494 e. The molecule has 4 rings (SSSR count). The van der Waals surface area contributed by atoms with Crippen molar-refractivity contribution in [2.75, 3.05) is 38.2 Å². The molecule has 0 saturated carbocycles. The molecule has 188 valence electrons. The van der Waals surface area contributed by atoms with Crippen molar-refractivity contribution in [2.45, 2.75) is 56.9 Å². The van der Waals surface area contributed by atoms with Gasteiger partial charge in [-0.2, -0.15) is 0 Å². The molecule has 1 amide bonds. The summed E-state index contributed by atoms with van der Waals surface area (Å²) < 4.78 is 11.4. The predicted molar refractivity (Wildman–Crippen MR) is 135 cm³/mol. The summed E-state index contributed by atoms with van der Waals surface area (Å²) in [7, 11) is 0. The zero-order valence-corrected chi connectivity index (χ0v) is 20.4. The van der Waals surface area contributed by atoms with Crippen LogP contribution in [0.25, 0.3) is 0 Å². The molecule has 2 aromatic rings. The number of hydrogen-bond acceptors (Lipinski definition) is 6. The summed E-state index contributed by atoms with van der Waals surface area (Å²) in [5, 5.41) is 14.1. The smallest absolute Gasteiger partial charge is 0.269 e. The van der Waals surface area contributed by atoms with Crippen molar-refractivity contribution in [1.82, 2.24) is 4.90 Å². The molecular formula is C27H35N3O5. The highest BCUT2D eigenvalue weighted by Gasteiger charge is 2.42. The van der Waals surface area contributed by atoms with E-state index in [-0.39, 0.29) is 11.6 Å². The molecule has 2 aromatic carbocycles. The van der Waals surface area contributed by atoms with E-state index in [2.05, 4.69) is 17.1 Å². The quantitative estimate of drug-likeness (QED) is 0.310. The van der Waals surface area contributed by atoms with Crippen molar-refractivity contribution in [3.8, 4) is 5.75 Å². The van der Waals surface area contributed by atoms with Crippen molar-refractivity contribution >= 4 is 17.3 Å². The number of anilines is 1. The summed E-state index contributed by atoms with van der Waals surface area (Å²) in [5.74, 6) is 0.657. The number of nitro groups is 1. The third-order valence-electron chi connectivity index (χ3n) is 7.32. The van der Waals surface area contributed by atoms with E-state index in [4.69, 9.17) is 9.47 Å². The van der Waals surface area contributed by atoms with Crippen LogP contribution in [0, 0.1) is 10.1 Å². The van der Waals surface area contributed by atoms with Crippen LogP contribution in [-0.4, -0.2) is 54.7 Å². The predicted octanol–water partition coefficient (Wildman–Crippen LogP) is 4.93. The molecule has 2 heterocycles. The number of nitrogens with one attached hydrogen (secondary N) is 1. The van der Waals surface area contributed by atoms with Gasteiger partial charge >= 0.3 is 0 Å². The standard InChI is InChI=1S/C27H35N3O5/c1-21-5-2-3-16-29(21)17-4-18-35-25-12-8-23(9-13-25)28-26(31)27(14-19-34-20-15-27)22-6-10-24(11-7-22)30(32)33/h6-13,21H,2-5,14-20H2,1H3,(H,28,31)/t21-/m1/s1. The zero-order valence-electron chi connectivity index (χ0n) is 20.4. The fraction of sp³-hybridized carbons (Fsp3) is 0.519. The van der Waals surface area contributed by atoms with Crippen LogP contribution in [0.15, 0.2) is 48.5 Å². The van der Waals surface area contributed by atoms with Gasteiger partial charge in [0.25, 0.3) is 5.69 Å². The Hall–Kier alpha value is -2.97. The highest BCUT2D eigenvalue weighted by Crippen LogP contribution is 2.37. The molecule has 0 radical (unpaired) electrons. The maximum Gasteiger partial charge on any atom is 0.269 e. The summed E-state index contributed by atoms with van der Waals surface area (Å²) in [6, 6.07) is 14.4. The maximum absolute atomic E-state index is 13.4. The van der Waals surface area contributed by atoms with E-state index in [9.17, 15) is 14.9 Å². The maximum atomic E-state index is 13.4. The van der Waals surface area contributed by atoms with Gasteiger partial charge < -0.3 is 19.7 Å². The Morgan fingerprint density at radius 1 is 1.14 bits per heavy atom. The van der Waals surface area contributed by atoms with Gasteiger partial charge in [-0.15, -0.1) is 0 Å². The number of amides is 1. The lowest BCUT2D eigenvalue weighted by atomic mass is 9.73. The number of likely N-dealkylation sites (tertiary alicyclic amines) is 1. The Balaban J connectivity index is 1.34. The highest BCUT2D eigenvalue weighted by atomic mass is 16.6. The number of piperidine rings is 1. The Kier molecular flexibility index (Phi) is 8.36. The molecule has 2 fully saturated rings. The molecule has 0 aromatic heterocycles. The summed E-state index contributed by atoms with van der Waals surface area (Å²) in [5.41, 5.74) is 0.690. The third-order valence-corrected chi connectivity index (χ3v) is 7.32. The molecule has 0 unspecified atom stereocenters. The number of non-ortho nitro benzene ring substituents is 1. The number of ether oxygens (including phenoxy) is 2. The molecule has 2 aliphatic rings. The van der Waals surface area contributed by atoms with Gasteiger partial charge in [0.2, 0.25) is 5.91 Å². The SMILES string of the molecule is C[C@@H]1CCCCN1CCCOc1ccc(NC(=O)C2(c3ccc([N+](=O)[O-])cc3)CCOCC2)cc1. The topological polar surface area (TPSA) is 93.9 Å². The Labute approximate surface area is 206 Å². The lowest BCUT2D eigenvalue weighted by Crippen LogP contribution is -2.44. The van der Waals surface area contributed by atoms with Gasteiger partial charge in [0.05, 0.1) is 16.9 Å². The van der Waals surface area contributed by atoms with E-state index < -0.39 is 10.3 Å². The summed E-state index contributed by atoms with van der Waals surface area (Å²) in [4.78, 5) is 26.6. The van der Waals surface area contributed by atoms with E-state index in [1.165, 1.54) is 37.9 Å². The number of nitrogens with zero attached hydrogens (tertiary/aromatic N) is 2. The van der Waals surface area contributed by atoms with E-state index in [0.717, 1.165) is 24.3 Å². The molecule has 8 nitrogen and oxygen atoms in total. The minimum atomic E-state index is -0.784. The molecule has 2 aliphatic heterocycles.